The van der Waals surface area contributed by atoms with Crippen molar-refractivity contribution >= 4 is 11.8 Å². The summed E-state index contributed by atoms with van der Waals surface area (Å²) in [6, 6.07) is 0.476. The van der Waals surface area contributed by atoms with Gasteiger partial charge in [-0.3, -0.25) is 0 Å². The summed E-state index contributed by atoms with van der Waals surface area (Å²) in [5.74, 6) is 1.33. The quantitative estimate of drug-likeness (QED) is 0.560. The van der Waals surface area contributed by atoms with E-state index in [-0.39, 0.29) is 0 Å². The molecule has 0 bridgehead atoms. The molecule has 0 saturated heterocycles. The van der Waals surface area contributed by atoms with Gasteiger partial charge in [-0.15, -0.1) is 0 Å². The predicted molar refractivity (Wildman–Crippen MR) is 66.8 cm³/mol. The molecule has 2 heteroatoms. The molecule has 0 heterocycles. The van der Waals surface area contributed by atoms with Crippen molar-refractivity contribution in [2.75, 3.05) is 5.75 Å². The molecule has 1 aliphatic rings. The van der Waals surface area contributed by atoms with Crippen LogP contribution in [0.1, 0.15) is 58.3 Å². The van der Waals surface area contributed by atoms with Crippen molar-refractivity contribution in [2.24, 2.45) is 5.73 Å². The van der Waals surface area contributed by atoms with E-state index in [2.05, 4.69) is 18.7 Å². The molecule has 14 heavy (non-hydrogen) atoms. The first-order valence-electron chi connectivity index (χ1n) is 6.21. The number of nitrogens with two attached hydrogens (primary N) is 1. The highest BCUT2D eigenvalue weighted by Crippen LogP contribution is 2.27. The minimum atomic E-state index is 0.476. The van der Waals surface area contributed by atoms with Crippen LogP contribution >= 0.6 is 11.8 Å². The first-order chi connectivity index (χ1) is 6.84. The molecule has 0 radical (unpaired) electrons. The minimum absolute atomic E-state index is 0.476. The molecule has 1 aliphatic carbocycles. The minimum Gasteiger partial charge on any atom is -0.327 e. The Balaban J connectivity index is 2.13. The zero-order valence-electron chi connectivity index (χ0n) is 9.50. The van der Waals surface area contributed by atoms with Gasteiger partial charge >= 0.3 is 0 Å². The first kappa shape index (κ1) is 12.4. The van der Waals surface area contributed by atoms with E-state index >= 15 is 0 Å². The average Bonchev–Trinajstić information content (AvgIpc) is 2.39. The maximum absolute atomic E-state index is 6.17. The Bertz CT molecular complexity index is 138. The average molecular weight is 215 g/mol. The van der Waals surface area contributed by atoms with Crippen molar-refractivity contribution in [3.05, 3.63) is 0 Å². The van der Waals surface area contributed by atoms with E-state index in [0.29, 0.717) is 6.04 Å². The maximum Gasteiger partial charge on any atom is 0.0199 e. The highest BCUT2D eigenvalue weighted by Gasteiger charge is 2.19. The molecule has 0 aromatic heterocycles. The highest BCUT2D eigenvalue weighted by atomic mass is 32.2. The summed E-state index contributed by atoms with van der Waals surface area (Å²) in [7, 11) is 0. The number of unbranched alkanes of at least 4 members (excludes halogenated alkanes) is 2. The molecule has 84 valence electrons. The lowest BCUT2D eigenvalue weighted by Gasteiger charge is -2.20. The summed E-state index contributed by atoms with van der Waals surface area (Å²) >= 11 is 2.13. The highest BCUT2D eigenvalue weighted by molar-refractivity contribution is 7.99. The first-order valence-corrected chi connectivity index (χ1v) is 7.26. The van der Waals surface area contributed by atoms with Crippen molar-refractivity contribution < 1.29 is 0 Å². The van der Waals surface area contributed by atoms with Gasteiger partial charge in [-0.25, -0.2) is 0 Å². The predicted octanol–water partition coefficient (Wildman–Crippen LogP) is 3.57. The van der Waals surface area contributed by atoms with Gasteiger partial charge in [-0.2, -0.15) is 11.8 Å². The van der Waals surface area contributed by atoms with Crippen molar-refractivity contribution in [1.29, 1.82) is 0 Å². The SMILES string of the molecule is CCCCCSC1CCCCCC1N. The van der Waals surface area contributed by atoms with Gasteiger partial charge in [0, 0.05) is 11.3 Å². The normalized spacial score (nSPS) is 28.7. The van der Waals surface area contributed by atoms with Gasteiger partial charge in [-0.05, 0) is 25.0 Å². The van der Waals surface area contributed by atoms with E-state index in [1.54, 1.807) is 0 Å². The number of thioether (sulfide) groups is 1. The molecule has 2 unspecified atom stereocenters. The second-order valence-corrected chi connectivity index (χ2v) is 5.77. The lowest BCUT2D eigenvalue weighted by molar-refractivity contribution is 0.595. The standard InChI is InChI=1S/C12H25NS/c1-2-3-7-10-14-12-9-6-4-5-8-11(12)13/h11-12H,2-10,13H2,1H3. The van der Waals surface area contributed by atoms with Crippen LogP contribution in [0.3, 0.4) is 0 Å². The van der Waals surface area contributed by atoms with E-state index in [1.165, 1.54) is 57.1 Å². The lowest BCUT2D eigenvalue weighted by atomic mass is 10.1. The third-order valence-electron chi connectivity index (χ3n) is 3.08. The van der Waals surface area contributed by atoms with E-state index in [9.17, 15) is 0 Å². The van der Waals surface area contributed by atoms with E-state index in [0.717, 1.165) is 5.25 Å². The Kier molecular flexibility index (Phi) is 6.70. The van der Waals surface area contributed by atoms with Crippen LogP contribution in [0.2, 0.25) is 0 Å². The largest absolute Gasteiger partial charge is 0.327 e. The van der Waals surface area contributed by atoms with Gasteiger partial charge in [0.15, 0.2) is 0 Å². The Morgan fingerprint density at radius 3 is 2.71 bits per heavy atom. The molecule has 2 N–H and O–H groups in total. The van der Waals surface area contributed by atoms with Gasteiger partial charge in [0.2, 0.25) is 0 Å². The van der Waals surface area contributed by atoms with E-state index < -0.39 is 0 Å². The van der Waals surface area contributed by atoms with Crippen LogP contribution in [0.4, 0.5) is 0 Å². The van der Waals surface area contributed by atoms with Crippen LogP contribution in [-0.2, 0) is 0 Å². The van der Waals surface area contributed by atoms with E-state index in [1.807, 2.05) is 0 Å². The fourth-order valence-corrected chi connectivity index (χ4v) is 3.49. The third-order valence-corrected chi connectivity index (χ3v) is 4.62. The van der Waals surface area contributed by atoms with Crippen LogP contribution in [-0.4, -0.2) is 17.0 Å². The van der Waals surface area contributed by atoms with Crippen LogP contribution in [0, 0.1) is 0 Å². The van der Waals surface area contributed by atoms with E-state index in [4.69, 9.17) is 5.73 Å². The van der Waals surface area contributed by atoms with Crippen molar-refractivity contribution in [1.82, 2.24) is 0 Å². The topological polar surface area (TPSA) is 26.0 Å². The summed E-state index contributed by atoms with van der Waals surface area (Å²) in [4.78, 5) is 0. The smallest absolute Gasteiger partial charge is 0.0199 e. The second kappa shape index (κ2) is 7.58. The molecule has 0 spiro atoms. The van der Waals surface area contributed by atoms with Gasteiger partial charge in [0.1, 0.15) is 0 Å². The van der Waals surface area contributed by atoms with Gasteiger partial charge in [0.05, 0.1) is 0 Å². The van der Waals surface area contributed by atoms with Crippen molar-refractivity contribution in [3.8, 4) is 0 Å². The van der Waals surface area contributed by atoms with Gasteiger partial charge in [0.25, 0.3) is 0 Å². The Hall–Kier alpha value is 0.310. The molecule has 1 nitrogen and oxygen atoms in total. The molecule has 2 atom stereocenters. The summed E-state index contributed by atoms with van der Waals surface area (Å²) < 4.78 is 0. The van der Waals surface area contributed by atoms with Crippen molar-refractivity contribution in [2.45, 2.75) is 69.6 Å². The number of hydrogen-bond donors (Lipinski definition) is 1. The molecule has 0 aromatic carbocycles. The Morgan fingerprint density at radius 2 is 1.93 bits per heavy atom. The lowest BCUT2D eigenvalue weighted by Crippen LogP contribution is -2.31. The summed E-state index contributed by atoms with van der Waals surface area (Å²) in [5, 5.41) is 0.759. The molecule has 0 amide bonds. The fraction of sp³-hybridized carbons (Fsp3) is 1.00. The molecule has 0 aliphatic heterocycles. The molecular weight excluding hydrogens is 190 g/mol. The summed E-state index contributed by atoms with van der Waals surface area (Å²) in [6.07, 6.45) is 10.9. The Labute approximate surface area is 93.2 Å². The molecule has 1 saturated carbocycles. The monoisotopic (exact) mass is 215 g/mol. The van der Waals surface area contributed by atoms with Gasteiger partial charge < -0.3 is 5.73 Å². The van der Waals surface area contributed by atoms with Crippen LogP contribution in [0.5, 0.6) is 0 Å². The number of rotatable bonds is 5. The molecule has 1 rings (SSSR count). The maximum atomic E-state index is 6.17. The fourth-order valence-electron chi connectivity index (χ4n) is 2.10. The van der Waals surface area contributed by atoms with Crippen LogP contribution in [0.25, 0.3) is 0 Å². The summed E-state index contributed by atoms with van der Waals surface area (Å²) in [6.45, 7) is 2.27. The third kappa shape index (κ3) is 4.70. The van der Waals surface area contributed by atoms with Crippen LogP contribution in [0.15, 0.2) is 0 Å². The molecule has 0 aromatic rings. The molecular formula is C12H25NS. The zero-order chi connectivity index (χ0) is 10.2. The number of hydrogen-bond acceptors (Lipinski definition) is 2. The summed E-state index contributed by atoms with van der Waals surface area (Å²) in [5.41, 5.74) is 6.17. The van der Waals surface area contributed by atoms with Crippen LogP contribution < -0.4 is 5.73 Å². The molecule has 1 fully saturated rings. The Morgan fingerprint density at radius 1 is 1.14 bits per heavy atom. The second-order valence-electron chi connectivity index (χ2n) is 4.42. The zero-order valence-corrected chi connectivity index (χ0v) is 10.3. The van der Waals surface area contributed by atoms with Crippen molar-refractivity contribution in [3.63, 3.8) is 0 Å². The van der Waals surface area contributed by atoms with Gasteiger partial charge in [-0.1, -0.05) is 39.0 Å².